The number of amides is 1. The van der Waals surface area contributed by atoms with E-state index in [2.05, 4.69) is 10.3 Å². The van der Waals surface area contributed by atoms with Gasteiger partial charge in [-0.3, -0.25) is 9.59 Å². The van der Waals surface area contributed by atoms with E-state index >= 15 is 0 Å². The van der Waals surface area contributed by atoms with E-state index in [4.69, 9.17) is 9.52 Å². The van der Waals surface area contributed by atoms with Crippen LogP contribution in [0.3, 0.4) is 0 Å². The Kier molecular flexibility index (Phi) is 4.65. The van der Waals surface area contributed by atoms with Crippen LogP contribution in [0.5, 0.6) is 0 Å². The number of aliphatic carboxylic acids is 1. The number of nitrogens with one attached hydrogen (secondary N) is 1. The second kappa shape index (κ2) is 6.31. The number of thiazole rings is 1. The number of carboxylic acid groups (broad SMARTS) is 1. The maximum absolute atomic E-state index is 12.6. The maximum atomic E-state index is 12.6. The summed E-state index contributed by atoms with van der Waals surface area (Å²) in [5.41, 5.74) is 0.306. The second-order valence-corrected chi connectivity index (χ2v) is 6.16. The molecule has 2 aromatic heterocycles. The summed E-state index contributed by atoms with van der Waals surface area (Å²) >= 11 is 1.47. The molecule has 1 unspecified atom stereocenters. The summed E-state index contributed by atoms with van der Waals surface area (Å²) in [5, 5.41) is 14.5. The molecule has 0 fully saturated rings. The van der Waals surface area contributed by atoms with Crippen molar-refractivity contribution >= 4 is 23.2 Å². The Morgan fingerprint density at radius 1 is 1.50 bits per heavy atom. The average molecular weight is 322 g/mol. The second-order valence-electron chi connectivity index (χ2n) is 5.26. The van der Waals surface area contributed by atoms with E-state index in [9.17, 15) is 9.59 Å². The van der Waals surface area contributed by atoms with Crippen LogP contribution in [0, 0.1) is 6.92 Å². The van der Waals surface area contributed by atoms with Gasteiger partial charge in [-0.25, -0.2) is 4.98 Å². The topological polar surface area (TPSA) is 92.4 Å². The van der Waals surface area contributed by atoms with Crippen molar-refractivity contribution in [3.63, 3.8) is 0 Å². The van der Waals surface area contributed by atoms with E-state index in [1.54, 1.807) is 13.1 Å². The smallest absolute Gasteiger partial charge is 0.311 e. The number of aromatic nitrogens is 1. The zero-order valence-electron chi connectivity index (χ0n) is 12.7. The van der Waals surface area contributed by atoms with Crippen molar-refractivity contribution in [2.45, 2.75) is 39.2 Å². The molecular formula is C15H18N2O4S. The summed E-state index contributed by atoms with van der Waals surface area (Å²) in [4.78, 5) is 27.8. The van der Waals surface area contributed by atoms with Crippen LogP contribution >= 0.6 is 11.3 Å². The van der Waals surface area contributed by atoms with Gasteiger partial charge < -0.3 is 14.8 Å². The molecule has 22 heavy (non-hydrogen) atoms. The molecule has 0 saturated carbocycles. The molecular weight excluding hydrogens is 304 g/mol. The molecule has 2 rings (SSSR count). The van der Waals surface area contributed by atoms with Crippen molar-refractivity contribution in [2.24, 2.45) is 0 Å². The minimum atomic E-state index is -1.04. The number of carbonyl (C=O) groups is 2. The van der Waals surface area contributed by atoms with Crippen LogP contribution in [-0.2, 0) is 16.8 Å². The van der Waals surface area contributed by atoms with Gasteiger partial charge in [-0.2, -0.15) is 0 Å². The summed E-state index contributed by atoms with van der Waals surface area (Å²) in [6.45, 7) is 5.58. The third kappa shape index (κ3) is 3.19. The van der Waals surface area contributed by atoms with Crippen molar-refractivity contribution < 1.29 is 19.1 Å². The molecule has 0 aromatic carbocycles. The molecule has 0 aliphatic carbocycles. The van der Waals surface area contributed by atoms with Gasteiger partial charge in [-0.15, -0.1) is 11.3 Å². The molecule has 0 spiro atoms. The first-order chi connectivity index (χ1) is 10.4. The SMILES string of the molecule is CCC(C)(NC(=O)c1c(C)coc1CC(=O)O)c1nccs1. The molecule has 7 heteroatoms. The van der Waals surface area contributed by atoms with Crippen molar-refractivity contribution in [3.05, 3.63) is 39.7 Å². The lowest BCUT2D eigenvalue weighted by atomic mass is 9.98. The number of carbonyl (C=O) groups excluding carboxylic acids is 1. The molecule has 0 aliphatic heterocycles. The average Bonchev–Trinajstić information content (AvgIpc) is 3.08. The predicted octanol–water partition coefficient (Wildman–Crippen LogP) is 2.73. The minimum Gasteiger partial charge on any atom is -0.481 e. The first kappa shape index (κ1) is 16.2. The largest absolute Gasteiger partial charge is 0.481 e. The fraction of sp³-hybridized carbons (Fsp3) is 0.400. The molecule has 1 amide bonds. The Bertz CT molecular complexity index is 678. The standard InChI is InChI=1S/C15H18N2O4S/c1-4-15(3,14-16-5-6-22-14)17-13(20)12-9(2)8-21-10(12)7-11(18)19/h5-6,8H,4,7H2,1-3H3,(H,17,20)(H,18,19). The number of aryl methyl sites for hydroxylation is 1. The fourth-order valence-electron chi connectivity index (χ4n) is 2.17. The van der Waals surface area contributed by atoms with Crippen LogP contribution in [0.2, 0.25) is 0 Å². The van der Waals surface area contributed by atoms with Crippen molar-refractivity contribution in [2.75, 3.05) is 0 Å². The van der Waals surface area contributed by atoms with Crippen LogP contribution in [0.1, 0.15) is 47.0 Å². The lowest BCUT2D eigenvalue weighted by molar-refractivity contribution is -0.136. The van der Waals surface area contributed by atoms with Crippen molar-refractivity contribution in [3.8, 4) is 0 Å². The lowest BCUT2D eigenvalue weighted by Gasteiger charge is -2.27. The highest BCUT2D eigenvalue weighted by Gasteiger charge is 2.31. The Labute approximate surface area is 132 Å². The monoisotopic (exact) mass is 322 g/mol. The summed E-state index contributed by atoms with van der Waals surface area (Å²) in [7, 11) is 0. The number of carboxylic acids is 1. The number of furan rings is 1. The van der Waals surface area contributed by atoms with E-state index in [0.29, 0.717) is 17.5 Å². The zero-order chi connectivity index (χ0) is 16.3. The van der Waals surface area contributed by atoms with Gasteiger partial charge in [0.15, 0.2) is 0 Å². The molecule has 0 aliphatic rings. The lowest BCUT2D eigenvalue weighted by Crippen LogP contribution is -2.43. The summed E-state index contributed by atoms with van der Waals surface area (Å²) in [6.07, 6.45) is 3.44. The summed E-state index contributed by atoms with van der Waals surface area (Å²) in [6, 6.07) is 0. The molecule has 1 atom stereocenters. The van der Waals surface area contributed by atoms with Crippen LogP contribution in [0.15, 0.2) is 22.3 Å². The van der Waals surface area contributed by atoms with Gasteiger partial charge in [0.2, 0.25) is 0 Å². The summed E-state index contributed by atoms with van der Waals surface area (Å²) < 4.78 is 5.21. The Morgan fingerprint density at radius 2 is 2.23 bits per heavy atom. The molecule has 0 radical (unpaired) electrons. The van der Waals surface area contributed by atoms with Crippen LogP contribution in [-0.4, -0.2) is 22.0 Å². The number of hydrogen-bond acceptors (Lipinski definition) is 5. The maximum Gasteiger partial charge on any atom is 0.311 e. The Hall–Kier alpha value is -2.15. The highest BCUT2D eigenvalue weighted by molar-refractivity contribution is 7.09. The van der Waals surface area contributed by atoms with Crippen LogP contribution in [0.25, 0.3) is 0 Å². The number of nitrogens with zero attached hydrogens (tertiary/aromatic N) is 1. The quantitative estimate of drug-likeness (QED) is 0.853. The highest BCUT2D eigenvalue weighted by Crippen LogP contribution is 2.28. The molecule has 2 aromatic rings. The third-order valence-corrected chi connectivity index (χ3v) is 4.63. The molecule has 0 saturated heterocycles. The van der Waals surface area contributed by atoms with Gasteiger partial charge in [0.25, 0.3) is 5.91 Å². The van der Waals surface area contributed by atoms with E-state index in [0.717, 1.165) is 5.01 Å². The van der Waals surface area contributed by atoms with Gasteiger partial charge >= 0.3 is 5.97 Å². The van der Waals surface area contributed by atoms with Crippen LogP contribution < -0.4 is 5.32 Å². The van der Waals surface area contributed by atoms with Crippen molar-refractivity contribution in [1.82, 2.24) is 10.3 Å². The number of rotatable bonds is 6. The zero-order valence-corrected chi connectivity index (χ0v) is 13.5. The van der Waals surface area contributed by atoms with Crippen LogP contribution in [0.4, 0.5) is 0 Å². The first-order valence-electron chi connectivity index (χ1n) is 6.88. The third-order valence-electron chi connectivity index (χ3n) is 3.59. The predicted molar refractivity (Wildman–Crippen MR) is 82.0 cm³/mol. The Morgan fingerprint density at radius 3 is 2.77 bits per heavy atom. The number of hydrogen-bond donors (Lipinski definition) is 2. The summed E-state index contributed by atoms with van der Waals surface area (Å²) in [5.74, 6) is -1.22. The molecule has 0 bridgehead atoms. The highest BCUT2D eigenvalue weighted by atomic mass is 32.1. The van der Waals surface area contributed by atoms with Gasteiger partial charge in [0.05, 0.1) is 17.4 Å². The Balaban J connectivity index is 2.29. The van der Waals surface area contributed by atoms with Gasteiger partial charge in [0, 0.05) is 17.1 Å². The normalized spacial score (nSPS) is 13.6. The van der Waals surface area contributed by atoms with Gasteiger partial charge in [-0.05, 0) is 20.3 Å². The van der Waals surface area contributed by atoms with E-state index in [-0.39, 0.29) is 18.1 Å². The van der Waals surface area contributed by atoms with Gasteiger partial charge in [0.1, 0.15) is 17.2 Å². The molecule has 2 heterocycles. The fourth-order valence-corrected chi connectivity index (χ4v) is 3.00. The van der Waals surface area contributed by atoms with E-state index in [1.807, 2.05) is 19.2 Å². The first-order valence-corrected chi connectivity index (χ1v) is 7.76. The minimum absolute atomic E-state index is 0.167. The molecule has 118 valence electrons. The molecule has 2 N–H and O–H groups in total. The van der Waals surface area contributed by atoms with Crippen molar-refractivity contribution in [1.29, 1.82) is 0 Å². The molecule has 6 nitrogen and oxygen atoms in total. The van der Waals surface area contributed by atoms with E-state index < -0.39 is 11.5 Å². The van der Waals surface area contributed by atoms with E-state index in [1.165, 1.54) is 17.6 Å². The van der Waals surface area contributed by atoms with Gasteiger partial charge in [-0.1, -0.05) is 6.92 Å².